The number of ether oxygens (including phenoxy) is 1. The van der Waals surface area contributed by atoms with Crippen LogP contribution in [0.2, 0.25) is 0 Å². The van der Waals surface area contributed by atoms with Crippen LogP contribution >= 0.6 is 0 Å². The summed E-state index contributed by atoms with van der Waals surface area (Å²) in [5.74, 6) is 0.839. The Labute approximate surface area is 128 Å². The zero-order valence-electron chi connectivity index (χ0n) is 13.5. The van der Waals surface area contributed by atoms with E-state index in [4.69, 9.17) is 4.74 Å². The highest BCUT2D eigenvalue weighted by Crippen LogP contribution is 2.27. The first-order chi connectivity index (χ1) is 9.82. The summed E-state index contributed by atoms with van der Waals surface area (Å²) in [6.07, 6.45) is 0.828. The number of hydrogen-bond donors (Lipinski definition) is 1. The van der Waals surface area contributed by atoms with Gasteiger partial charge in [-0.15, -0.1) is 0 Å². The van der Waals surface area contributed by atoms with E-state index in [1.807, 2.05) is 13.1 Å². The van der Waals surface area contributed by atoms with Crippen LogP contribution in [-0.4, -0.2) is 40.5 Å². The molecule has 0 aliphatic rings. The Morgan fingerprint density at radius 2 is 2.00 bits per heavy atom. The van der Waals surface area contributed by atoms with Crippen molar-refractivity contribution in [2.45, 2.75) is 31.7 Å². The van der Waals surface area contributed by atoms with Gasteiger partial charge in [-0.2, -0.15) is 0 Å². The van der Waals surface area contributed by atoms with Gasteiger partial charge < -0.3 is 10.1 Å². The van der Waals surface area contributed by atoms with Crippen molar-refractivity contribution in [2.75, 3.05) is 27.7 Å². The number of rotatable bonds is 8. The first kappa shape index (κ1) is 17.9. The summed E-state index contributed by atoms with van der Waals surface area (Å²) in [6, 6.07) is 5.24. The lowest BCUT2D eigenvalue weighted by Crippen LogP contribution is -2.29. The summed E-state index contributed by atoms with van der Waals surface area (Å²) in [4.78, 5) is 0.226. The fraction of sp³-hybridized carbons (Fsp3) is 0.600. The Kier molecular flexibility index (Phi) is 6.64. The molecule has 21 heavy (non-hydrogen) atoms. The number of sulfonamides is 1. The number of hydrogen-bond acceptors (Lipinski definition) is 4. The minimum Gasteiger partial charge on any atom is -0.495 e. The smallest absolute Gasteiger partial charge is 0.246 e. The minimum atomic E-state index is -3.54. The molecule has 0 amide bonds. The lowest BCUT2D eigenvalue weighted by Gasteiger charge is -2.20. The van der Waals surface area contributed by atoms with E-state index in [0.717, 1.165) is 12.0 Å². The van der Waals surface area contributed by atoms with E-state index in [1.165, 1.54) is 11.4 Å². The maximum atomic E-state index is 12.7. The number of methoxy groups -OCH3 is 1. The van der Waals surface area contributed by atoms with Gasteiger partial charge in [0, 0.05) is 20.1 Å². The number of nitrogens with zero attached hydrogens (tertiary/aromatic N) is 1. The summed E-state index contributed by atoms with van der Waals surface area (Å²) in [7, 11) is 1.39. The molecule has 5 nitrogen and oxygen atoms in total. The monoisotopic (exact) mass is 314 g/mol. The summed E-state index contributed by atoms with van der Waals surface area (Å²) in [6.45, 7) is 5.27. The van der Waals surface area contributed by atoms with Gasteiger partial charge in [-0.25, -0.2) is 12.7 Å². The third-order valence-electron chi connectivity index (χ3n) is 3.32. The summed E-state index contributed by atoms with van der Waals surface area (Å²) in [5.41, 5.74) is 0.911. The van der Waals surface area contributed by atoms with E-state index in [0.29, 0.717) is 24.8 Å². The van der Waals surface area contributed by atoms with Crippen molar-refractivity contribution in [1.29, 1.82) is 0 Å². The van der Waals surface area contributed by atoms with Gasteiger partial charge in [-0.05, 0) is 37.1 Å². The molecule has 1 rings (SSSR count). The molecular formula is C15H26N2O3S. The fourth-order valence-electron chi connectivity index (χ4n) is 1.96. The normalized spacial score (nSPS) is 12.1. The third kappa shape index (κ3) is 4.69. The predicted molar refractivity (Wildman–Crippen MR) is 85.0 cm³/mol. The van der Waals surface area contributed by atoms with E-state index in [2.05, 4.69) is 19.2 Å². The van der Waals surface area contributed by atoms with Crippen LogP contribution in [0, 0.1) is 5.92 Å². The largest absolute Gasteiger partial charge is 0.495 e. The van der Waals surface area contributed by atoms with Gasteiger partial charge in [0.25, 0.3) is 0 Å². The highest BCUT2D eigenvalue weighted by atomic mass is 32.2. The average Bonchev–Trinajstić information content (AvgIpc) is 2.44. The molecule has 1 aromatic carbocycles. The second-order valence-corrected chi connectivity index (χ2v) is 7.54. The number of nitrogens with one attached hydrogen (secondary N) is 1. The molecule has 6 heteroatoms. The molecule has 1 aromatic rings. The Morgan fingerprint density at radius 3 is 2.52 bits per heavy atom. The van der Waals surface area contributed by atoms with E-state index in [-0.39, 0.29) is 4.90 Å². The van der Waals surface area contributed by atoms with Crippen molar-refractivity contribution in [3.05, 3.63) is 23.8 Å². The standard InChI is InChI=1S/C15H26N2O3S/c1-12(2)8-9-17(4)21(18,19)15-10-13(11-16-3)6-7-14(15)20-5/h6-7,10,12,16H,8-9,11H2,1-5H3. The van der Waals surface area contributed by atoms with Crippen LogP contribution < -0.4 is 10.1 Å². The maximum absolute atomic E-state index is 12.7. The quantitative estimate of drug-likeness (QED) is 0.798. The maximum Gasteiger partial charge on any atom is 0.246 e. The molecule has 120 valence electrons. The van der Waals surface area contributed by atoms with Crippen LogP contribution in [0.15, 0.2) is 23.1 Å². The molecule has 1 N–H and O–H groups in total. The summed E-state index contributed by atoms with van der Waals surface area (Å²) < 4.78 is 32.0. The molecule has 0 aromatic heterocycles. The third-order valence-corrected chi connectivity index (χ3v) is 5.20. The molecule has 0 saturated carbocycles. The Morgan fingerprint density at radius 1 is 1.33 bits per heavy atom. The molecule has 0 saturated heterocycles. The fourth-order valence-corrected chi connectivity index (χ4v) is 3.35. The van der Waals surface area contributed by atoms with Crippen molar-refractivity contribution in [3.63, 3.8) is 0 Å². The molecule has 0 atom stereocenters. The van der Waals surface area contributed by atoms with Crippen molar-refractivity contribution >= 4 is 10.0 Å². The van der Waals surface area contributed by atoms with E-state index in [1.54, 1.807) is 19.2 Å². The molecule has 0 fully saturated rings. The first-order valence-corrected chi connectivity index (χ1v) is 8.54. The molecule has 0 radical (unpaired) electrons. The zero-order chi connectivity index (χ0) is 16.0. The van der Waals surface area contributed by atoms with Crippen molar-refractivity contribution in [1.82, 2.24) is 9.62 Å². The molecule has 0 aliphatic heterocycles. The van der Waals surface area contributed by atoms with E-state index in [9.17, 15) is 8.42 Å². The topological polar surface area (TPSA) is 58.6 Å². The van der Waals surface area contributed by atoms with Crippen LogP contribution in [0.3, 0.4) is 0 Å². The molecular weight excluding hydrogens is 288 g/mol. The van der Waals surface area contributed by atoms with Crippen LogP contribution in [0.5, 0.6) is 5.75 Å². The zero-order valence-corrected chi connectivity index (χ0v) is 14.3. The Bertz CT molecular complexity index is 556. The van der Waals surface area contributed by atoms with Gasteiger partial charge >= 0.3 is 0 Å². The second-order valence-electron chi connectivity index (χ2n) is 5.52. The first-order valence-electron chi connectivity index (χ1n) is 7.10. The Balaban J connectivity index is 3.12. The number of benzene rings is 1. The van der Waals surface area contributed by atoms with Crippen LogP contribution in [0.1, 0.15) is 25.8 Å². The van der Waals surface area contributed by atoms with Gasteiger partial charge in [0.15, 0.2) is 0 Å². The Hall–Kier alpha value is -1.11. The van der Waals surface area contributed by atoms with Crippen LogP contribution in [-0.2, 0) is 16.6 Å². The van der Waals surface area contributed by atoms with Crippen LogP contribution in [0.25, 0.3) is 0 Å². The summed E-state index contributed by atoms with van der Waals surface area (Å²) >= 11 is 0. The second kappa shape index (κ2) is 7.77. The van der Waals surface area contributed by atoms with Gasteiger partial charge in [-0.1, -0.05) is 19.9 Å². The van der Waals surface area contributed by atoms with Gasteiger partial charge in [0.2, 0.25) is 10.0 Å². The lowest BCUT2D eigenvalue weighted by atomic mass is 10.1. The highest BCUT2D eigenvalue weighted by Gasteiger charge is 2.25. The lowest BCUT2D eigenvalue weighted by molar-refractivity contribution is 0.394. The summed E-state index contributed by atoms with van der Waals surface area (Å²) in [5, 5.41) is 3.02. The highest BCUT2D eigenvalue weighted by molar-refractivity contribution is 7.89. The van der Waals surface area contributed by atoms with E-state index >= 15 is 0 Å². The van der Waals surface area contributed by atoms with Crippen molar-refractivity contribution in [2.24, 2.45) is 5.92 Å². The minimum absolute atomic E-state index is 0.226. The molecule has 0 spiro atoms. The van der Waals surface area contributed by atoms with Gasteiger partial charge in [0.05, 0.1) is 7.11 Å². The molecule has 0 aliphatic carbocycles. The molecule has 0 bridgehead atoms. The predicted octanol–water partition coefficient (Wildman–Crippen LogP) is 2.08. The van der Waals surface area contributed by atoms with Gasteiger partial charge in [0.1, 0.15) is 10.6 Å². The van der Waals surface area contributed by atoms with Crippen molar-refractivity contribution in [3.8, 4) is 5.75 Å². The molecule has 0 heterocycles. The SMILES string of the molecule is CNCc1ccc(OC)c(S(=O)(=O)N(C)CCC(C)C)c1. The molecule has 0 unspecified atom stereocenters. The van der Waals surface area contributed by atoms with E-state index < -0.39 is 10.0 Å². The average molecular weight is 314 g/mol. The van der Waals surface area contributed by atoms with Gasteiger partial charge in [-0.3, -0.25) is 0 Å². The van der Waals surface area contributed by atoms with Crippen molar-refractivity contribution < 1.29 is 13.2 Å². The van der Waals surface area contributed by atoms with Crippen LogP contribution in [0.4, 0.5) is 0 Å².